The lowest BCUT2D eigenvalue weighted by atomic mass is 10.1. The van der Waals surface area contributed by atoms with E-state index in [1.165, 1.54) is 0 Å². The molecule has 2 nitrogen and oxygen atoms in total. The molecular formula is C16H24O2Si. The van der Waals surface area contributed by atoms with Crippen molar-refractivity contribution in [3.63, 3.8) is 0 Å². The lowest BCUT2D eigenvalue weighted by Gasteiger charge is -2.17. The Balaban J connectivity index is 2.97. The summed E-state index contributed by atoms with van der Waals surface area (Å²) in [4.78, 5) is 0. The van der Waals surface area contributed by atoms with Crippen LogP contribution in [0.3, 0.4) is 0 Å². The van der Waals surface area contributed by atoms with Crippen LogP contribution in [-0.2, 0) is 4.74 Å². The zero-order valence-corrected chi connectivity index (χ0v) is 13.8. The summed E-state index contributed by atoms with van der Waals surface area (Å²) in [7, 11) is 0.281. The van der Waals surface area contributed by atoms with E-state index >= 15 is 0 Å². The summed E-state index contributed by atoms with van der Waals surface area (Å²) >= 11 is 0. The number of rotatable bonds is 4. The number of hydrogen-bond acceptors (Lipinski definition) is 2. The van der Waals surface area contributed by atoms with Gasteiger partial charge < -0.3 is 9.47 Å². The monoisotopic (exact) mass is 276 g/mol. The van der Waals surface area contributed by atoms with Crippen LogP contribution in [0.15, 0.2) is 24.3 Å². The Morgan fingerprint density at radius 1 is 1.05 bits per heavy atom. The molecule has 1 atom stereocenters. The number of methoxy groups -OCH3 is 1. The summed E-state index contributed by atoms with van der Waals surface area (Å²) in [6, 6.07) is 7.93. The molecule has 0 aliphatic carbocycles. The molecule has 0 N–H and O–H groups in total. The van der Waals surface area contributed by atoms with Crippen molar-refractivity contribution in [3.8, 4) is 17.2 Å². The first-order valence-electron chi connectivity index (χ1n) is 6.64. The minimum absolute atomic E-state index is 0.155. The summed E-state index contributed by atoms with van der Waals surface area (Å²) < 4.78 is 11.1. The van der Waals surface area contributed by atoms with Crippen LogP contribution in [0, 0.1) is 11.5 Å². The van der Waals surface area contributed by atoms with Gasteiger partial charge in [0.1, 0.15) is 19.9 Å². The Hall–Kier alpha value is -1.24. The van der Waals surface area contributed by atoms with Crippen LogP contribution in [0.2, 0.25) is 19.6 Å². The topological polar surface area (TPSA) is 18.5 Å². The first-order valence-corrected chi connectivity index (χ1v) is 10.1. The molecule has 1 unspecified atom stereocenters. The van der Waals surface area contributed by atoms with E-state index in [1.807, 2.05) is 38.1 Å². The first kappa shape index (κ1) is 15.8. The Bertz CT molecular complexity index is 446. The van der Waals surface area contributed by atoms with Crippen LogP contribution in [0.25, 0.3) is 0 Å². The fraction of sp³-hybridized carbons (Fsp3) is 0.500. The van der Waals surface area contributed by atoms with Gasteiger partial charge in [-0.15, -0.1) is 5.54 Å². The molecule has 0 radical (unpaired) electrons. The maximum atomic E-state index is 5.91. The molecule has 104 valence electrons. The third kappa shape index (κ3) is 5.95. The summed E-state index contributed by atoms with van der Waals surface area (Å²) in [5.41, 5.74) is 4.47. The van der Waals surface area contributed by atoms with Gasteiger partial charge in [-0.05, 0) is 31.5 Å². The highest BCUT2D eigenvalue weighted by Gasteiger charge is 2.13. The molecular weight excluding hydrogens is 252 g/mol. The average Bonchev–Trinajstić information content (AvgIpc) is 2.33. The van der Waals surface area contributed by atoms with Crippen molar-refractivity contribution in [1.82, 2.24) is 0 Å². The van der Waals surface area contributed by atoms with E-state index in [9.17, 15) is 0 Å². The van der Waals surface area contributed by atoms with Crippen LogP contribution in [0.5, 0.6) is 5.75 Å². The predicted molar refractivity (Wildman–Crippen MR) is 83.1 cm³/mol. The molecule has 1 aromatic carbocycles. The van der Waals surface area contributed by atoms with E-state index in [2.05, 4.69) is 31.1 Å². The number of benzene rings is 1. The lowest BCUT2D eigenvalue weighted by molar-refractivity contribution is 0.0403. The van der Waals surface area contributed by atoms with E-state index in [1.54, 1.807) is 7.11 Å². The predicted octanol–water partition coefficient (Wildman–Crippen LogP) is 4.04. The van der Waals surface area contributed by atoms with Gasteiger partial charge in [-0.25, -0.2) is 0 Å². The summed E-state index contributed by atoms with van der Waals surface area (Å²) in [5.74, 6) is 4.15. The first-order chi connectivity index (χ1) is 8.81. The van der Waals surface area contributed by atoms with Crippen molar-refractivity contribution in [3.05, 3.63) is 29.8 Å². The smallest absolute Gasteiger partial charge is 0.143 e. The van der Waals surface area contributed by atoms with Crippen LogP contribution in [-0.4, -0.2) is 21.3 Å². The Morgan fingerprint density at radius 3 is 2.05 bits per heavy atom. The third-order valence-electron chi connectivity index (χ3n) is 2.41. The molecule has 0 saturated heterocycles. The molecule has 0 amide bonds. The highest BCUT2D eigenvalue weighted by Crippen LogP contribution is 2.21. The third-order valence-corrected chi connectivity index (χ3v) is 3.30. The van der Waals surface area contributed by atoms with Crippen LogP contribution < -0.4 is 4.74 Å². The van der Waals surface area contributed by atoms with E-state index < -0.39 is 8.07 Å². The lowest BCUT2D eigenvalue weighted by Crippen LogP contribution is -2.18. The van der Waals surface area contributed by atoms with Gasteiger partial charge in [0.05, 0.1) is 13.2 Å². The van der Waals surface area contributed by atoms with Crippen molar-refractivity contribution < 1.29 is 9.47 Å². The highest BCUT2D eigenvalue weighted by atomic mass is 28.3. The SMILES string of the molecule is COc1ccc(C(C#C[Si](C)(C)C)OC(C)C)cc1. The molecule has 1 aromatic rings. The summed E-state index contributed by atoms with van der Waals surface area (Å²) in [5, 5.41) is 0. The van der Waals surface area contributed by atoms with Crippen molar-refractivity contribution in [2.45, 2.75) is 45.7 Å². The molecule has 0 aliphatic rings. The molecule has 0 spiro atoms. The molecule has 0 bridgehead atoms. The van der Waals surface area contributed by atoms with Crippen LogP contribution >= 0.6 is 0 Å². The van der Waals surface area contributed by atoms with Gasteiger partial charge in [0.25, 0.3) is 0 Å². The molecule has 0 fully saturated rings. The summed E-state index contributed by atoms with van der Waals surface area (Å²) in [6.45, 7) is 10.8. The minimum Gasteiger partial charge on any atom is -0.497 e. The number of hydrogen-bond donors (Lipinski definition) is 0. The average molecular weight is 276 g/mol. The van der Waals surface area contributed by atoms with Gasteiger partial charge in [-0.1, -0.05) is 37.7 Å². The van der Waals surface area contributed by atoms with Crippen molar-refractivity contribution in [2.75, 3.05) is 7.11 Å². The van der Waals surface area contributed by atoms with Crippen molar-refractivity contribution >= 4 is 8.07 Å². The van der Waals surface area contributed by atoms with E-state index in [4.69, 9.17) is 9.47 Å². The second kappa shape index (κ2) is 6.79. The highest BCUT2D eigenvalue weighted by molar-refractivity contribution is 6.83. The maximum absolute atomic E-state index is 5.91. The van der Waals surface area contributed by atoms with Gasteiger partial charge in [-0.2, -0.15) is 0 Å². The maximum Gasteiger partial charge on any atom is 0.143 e. The molecule has 3 heteroatoms. The van der Waals surface area contributed by atoms with Gasteiger partial charge in [0, 0.05) is 0 Å². The zero-order valence-electron chi connectivity index (χ0n) is 12.8. The molecule has 0 saturated carbocycles. The van der Waals surface area contributed by atoms with Gasteiger partial charge >= 0.3 is 0 Å². The van der Waals surface area contributed by atoms with E-state index in [0.717, 1.165) is 11.3 Å². The quantitative estimate of drug-likeness (QED) is 0.610. The largest absolute Gasteiger partial charge is 0.497 e. The van der Waals surface area contributed by atoms with Gasteiger partial charge in [0.15, 0.2) is 0 Å². The second-order valence-corrected chi connectivity index (χ2v) is 10.6. The Labute approximate surface area is 118 Å². The standard InChI is InChI=1S/C16H24O2Si/c1-13(2)18-16(11-12-19(4,5)6)14-7-9-15(17-3)10-8-14/h7-10,13,16H,1-6H3. The molecule has 0 aromatic heterocycles. The molecule has 1 rings (SSSR count). The van der Waals surface area contributed by atoms with Crippen molar-refractivity contribution in [2.24, 2.45) is 0 Å². The van der Waals surface area contributed by atoms with Gasteiger partial charge in [0.2, 0.25) is 0 Å². The van der Waals surface area contributed by atoms with Crippen LogP contribution in [0.1, 0.15) is 25.5 Å². The number of ether oxygens (including phenoxy) is 2. The minimum atomic E-state index is -1.39. The fourth-order valence-corrected chi connectivity index (χ4v) is 2.09. The van der Waals surface area contributed by atoms with Gasteiger partial charge in [-0.3, -0.25) is 0 Å². The van der Waals surface area contributed by atoms with Crippen LogP contribution in [0.4, 0.5) is 0 Å². The fourth-order valence-electron chi connectivity index (χ4n) is 1.53. The molecule has 19 heavy (non-hydrogen) atoms. The zero-order chi connectivity index (χ0) is 14.5. The molecule has 0 aliphatic heterocycles. The summed E-state index contributed by atoms with van der Waals surface area (Å²) in [6.07, 6.45) is 0.000618. The molecule has 0 heterocycles. The van der Waals surface area contributed by atoms with E-state index in [-0.39, 0.29) is 12.2 Å². The van der Waals surface area contributed by atoms with E-state index in [0.29, 0.717) is 0 Å². The Kier molecular flexibility index (Phi) is 5.65. The normalized spacial score (nSPS) is 12.8. The second-order valence-electron chi connectivity index (χ2n) is 5.86. The Morgan fingerprint density at radius 2 is 1.63 bits per heavy atom. The van der Waals surface area contributed by atoms with Crippen molar-refractivity contribution in [1.29, 1.82) is 0 Å².